The lowest BCUT2D eigenvalue weighted by molar-refractivity contribution is -0.150. The van der Waals surface area contributed by atoms with Crippen molar-refractivity contribution < 1.29 is 9.53 Å². The summed E-state index contributed by atoms with van der Waals surface area (Å²) in [6.07, 6.45) is 2.17. The van der Waals surface area contributed by atoms with Crippen LogP contribution in [0.1, 0.15) is 43.2 Å². The summed E-state index contributed by atoms with van der Waals surface area (Å²) < 4.78 is 5.51. The van der Waals surface area contributed by atoms with Crippen LogP contribution in [0.2, 0.25) is 0 Å². The molecule has 0 spiro atoms. The van der Waals surface area contributed by atoms with E-state index in [4.69, 9.17) is 16.2 Å². The Hall–Kier alpha value is -2.17. The zero-order valence-corrected chi connectivity index (χ0v) is 14.0. The molecule has 2 aromatic rings. The summed E-state index contributed by atoms with van der Waals surface area (Å²) in [4.78, 5) is 12.3. The summed E-state index contributed by atoms with van der Waals surface area (Å²) >= 11 is 0. The molecule has 0 unspecified atom stereocenters. The molecule has 0 saturated carbocycles. The van der Waals surface area contributed by atoms with Crippen molar-refractivity contribution in [3.8, 4) is 11.1 Å². The van der Waals surface area contributed by atoms with E-state index < -0.39 is 11.6 Å². The van der Waals surface area contributed by atoms with Crippen molar-refractivity contribution in [1.82, 2.24) is 0 Å². The van der Waals surface area contributed by atoms with E-state index in [1.807, 2.05) is 31.2 Å². The standard InChI is InChI=1S/C20H24N2O2/c1-2-3-12-20(21,22)19(23)24-13-18-16-10-6-4-8-14(16)15-9-5-7-11-17(15)18/h4-11,18H,2-3,12-13,21-22H2,1H3. The third-order valence-electron chi connectivity index (χ3n) is 4.67. The molecule has 0 bridgehead atoms. The van der Waals surface area contributed by atoms with Crippen LogP contribution in [0.15, 0.2) is 48.5 Å². The molecule has 1 aliphatic carbocycles. The van der Waals surface area contributed by atoms with Gasteiger partial charge < -0.3 is 16.2 Å². The highest BCUT2D eigenvalue weighted by molar-refractivity contribution is 5.81. The van der Waals surface area contributed by atoms with Gasteiger partial charge in [-0.05, 0) is 35.1 Å². The maximum absolute atomic E-state index is 12.3. The number of esters is 1. The molecule has 0 aliphatic heterocycles. The van der Waals surface area contributed by atoms with Gasteiger partial charge in [0, 0.05) is 5.92 Å². The zero-order chi connectivity index (χ0) is 17.2. The average molecular weight is 324 g/mol. The van der Waals surface area contributed by atoms with Crippen LogP contribution in [-0.2, 0) is 9.53 Å². The van der Waals surface area contributed by atoms with Crippen molar-refractivity contribution >= 4 is 5.97 Å². The van der Waals surface area contributed by atoms with Crippen LogP contribution in [0, 0.1) is 0 Å². The van der Waals surface area contributed by atoms with E-state index >= 15 is 0 Å². The molecule has 4 nitrogen and oxygen atoms in total. The molecule has 0 saturated heterocycles. The maximum Gasteiger partial charge on any atom is 0.340 e. The summed E-state index contributed by atoms with van der Waals surface area (Å²) in [6, 6.07) is 16.5. The first-order valence-corrected chi connectivity index (χ1v) is 8.48. The summed E-state index contributed by atoms with van der Waals surface area (Å²) in [5.41, 5.74) is 15.2. The van der Waals surface area contributed by atoms with E-state index in [-0.39, 0.29) is 12.5 Å². The number of carbonyl (C=O) groups excluding carboxylic acids is 1. The number of carbonyl (C=O) groups is 1. The van der Waals surface area contributed by atoms with Gasteiger partial charge in [-0.1, -0.05) is 61.9 Å². The number of hydrogen-bond acceptors (Lipinski definition) is 4. The van der Waals surface area contributed by atoms with Gasteiger partial charge in [-0.2, -0.15) is 0 Å². The topological polar surface area (TPSA) is 78.3 Å². The van der Waals surface area contributed by atoms with E-state index in [1.54, 1.807) is 0 Å². The van der Waals surface area contributed by atoms with Gasteiger partial charge in [-0.3, -0.25) is 0 Å². The quantitative estimate of drug-likeness (QED) is 0.632. The van der Waals surface area contributed by atoms with Crippen LogP contribution in [0.3, 0.4) is 0 Å². The van der Waals surface area contributed by atoms with Crippen molar-refractivity contribution in [3.63, 3.8) is 0 Å². The predicted octanol–water partition coefficient (Wildman–Crippen LogP) is 3.15. The van der Waals surface area contributed by atoms with Crippen LogP contribution >= 0.6 is 0 Å². The minimum atomic E-state index is -1.41. The predicted molar refractivity (Wildman–Crippen MR) is 95.3 cm³/mol. The van der Waals surface area contributed by atoms with E-state index in [0.29, 0.717) is 6.42 Å². The number of fused-ring (bicyclic) bond motifs is 3. The SMILES string of the molecule is CCCCC(N)(N)C(=O)OCC1c2ccccc2-c2ccccc21. The smallest absolute Gasteiger partial charge is 0.340 e. The first-order valence-electron chi connectivity index (χ1n) is 8.48. The van der Waals surface area contributed by atoms with Gasteiger partial charge >= 0.3 is 5.97 Å². The van der Waals surface area contributed by atoms with Crippen molar-refractivity contribution in [1.29, 1.82) is 0 Å². The molecule has 0 aromatic heterocycles. The molecule has 2 aromatic carbocycles. The average Bonchev–Trinajstić information content (AvgIpc) is 2.92. The minimum Gasteiger partial charge on any atom is -0.462 e. The largest absolute Gasteiger partial charge is 0.462 e. The van der Waals surface area contributed by atoms with E-state index in [2.05, 4.69) is 24.3 Å². The number of rotatable bonds is 6. The second-order valence-corrected chi connectivity index (χ2v) is 6.47. The van der Waals surface area contributed by atoms with Crippen LogP contribution < -0.4 is 11.5 Å². The number of nitrogens with two attached hydrogens (primary N) is 2. The minimum absolute atomic E-state index is 0.0309. The Morgan fingerprint density at radius 3 is 2.12 bits per heavy atom. The molecular weight excluding hydrogens is 300 g/mol. The lowest BCUT2D eigenvalue weighted by atomic mass is 9.98. The molecule has 0 amide bonds. The van der Waals surface area contributed by atoms with Gasteiger partial charge in [0.05, 0.1) is 0 Å². The fourth-order valence-corrected chi connectivity index (χ4v) is 3.30. The summed E-state index contributed by atoms with van der Waals surface area (Å²) in [7, 11) is 0. The summed E-state index contributed by atoms with van der Waals surface area (Å²) in [5, 5.41) is 0. The molecule has 0 fully saturated rings. The van der Waals surface area contributed by atoms with Crippen LogP contribution in [-0.4, -0.2) is 18.2 Å². The van der Waals surface area contributed by atoms with Gasteiger partial charge in [0.15, 0.2) is 5.66 Å². The van der Waals surface area contributed by atoms with E-state index in [1.165, 1.54) is 22.3 Å². The highest BCUT2D eigenvalue weighted by Crippen LogP contribution is 2.44. The van der Waals surface area contributed by atoms with E-state index in [9.17, 15) is 4.79 Å². The highest BCUT2D eigenvalue weighted by Gasteiger charge is 2.33. The third-order valence-corrected chi connectivity index (χ3v) is 4.67. The van der Waals surface area contributed by atoms with Crippen molar-refractivity contribution in [2.45, 2.75) is 37.8 Å². The number of ether oxygens (including phenoxy) is 1. The molecule has 0 atom stereocenters. The van der Waals surface area contributed by atoms with Gasteiger partial charge in [0.1, 0.15) is 6.61 Å². The maximum atomic E-state index is 12.3. The van der Waals surface area contributed by atoms with Crippen molar-refractivity contribution in [2.24, 2.45) is 11.5 Å². The molecule has 3 rings (SSSR count). The molecule has 0 heterocycles. The normalized spacial score (nSPS) is 13.5. The molecule has 1 aliphatic rings. The Labute approximate surface area is 142 Å². The lowest BCUT2D eigenvalue weighted by Gasteiger charge is -2.23. The number of unbranched alkanes of at least 4 members (excludes halogenated alkanes) is 1. The van der Waals surface area contributed by atoms with Gasteiger partial charge in [-0.25, -0.2) is 4.79 Å². The van der Waals surface area contributed by atoms with Crippen molar-refractivity contribution in [2.75, 3.05) is 6.61 Å². The van der Waals surface area contributed by atoms with Crippen molar-refractivity contribution in [3.05, 3.63) is 59.7 Å². The Morgan fingerprint density at radius 2 is 1.58 bits per heavy atom. The second-order valence-electron chi connectivity index (χ2n) is 6.47. The Kier molecular flexibility index (Phi) is 4.69. The van der Waals surface area contributed by atoms with Crippen LogP contribution in [0.5, 0.6) is 0 Å². The number of benzene rings is 2. The van der Waals surface area contributed by atoms with Gasteiger partial charge in [0.2, 0.25) is 0 Å². The zero-order valence-electron chi connectivity index (χ0n) is 14.0. The van der Waals surface area contributed by atoms with Gasteiger partial charge in [-0.15, -0.1) is 0 Å². The Bertz CT molecular complexity index is 694. The molecule has 4 N–H and O–H groups in total. The Morgan fingerprint density at radius 1 is 1.04 bits per heavy atom. The fourth-order valence-electron chi connectivity index (χ4n) is 3.30. The Balaban J connectivity index is 1.77. The second kappa shape index (κ2) is 6.75. The molecule has 126 valence electrons. The monoisotopic (exact) mass is 324 g/mol. The number of hydrogen-bond donors (Lipinski definition) is 2. The van der Waals surface area contributed by atoms with E-state index in [0.717, 1.165) is 12.8 Å². The summed E-state index contributed by atoms with van der Waals surface area (Å²) in [5.74, 6) is -0.499. The third kappa shape index (κ3) is 3.07. The van der Waals surface area contributed by atoms with Crippen LogP contribution in [0.4, 0.5) is 0 Å². The molecule has 0 radical (unpaired) electrons. The lowest BCUT2D eigenvalue weighted by Crippen LogP contribution is -2.57. The molecule has 24 heavy (non-hydrogen) atoms. The highest BCUT2D eigenvalue weighted by atomic mass is 16.5. The molecule has 4 heteroatoms. The van der Waals surface area contributed by atoms with Gasteiger partial charge in [0.25, 0.3) is 0 Å². The van der Waals surface area contributed by atoms with Crippen LogP contribution in [0.25, 0.3) is 11.1 Å². The fraction of sp³-hybridized carbons (Fsp3) is 0.350. The summed E-state index contributed by atoms with van der Waals surface area (Å²) in [6.45, 7) is 2.29. The molecular formula is C20H24N2O2. The first-order chi connectivity index (χ1) is 11.5. The first kappa shape index (κ1) is 16.7.